The van der Waals surface area contributed by atoms with Gasteiger partial charge in [0.15, 0.2) is 6.10 Å². The number of aryl methyl sites for hydroxylation is 1. The molecule has 0 unspecified atom stereocenters. The monoisotopic (exact) mass is 423 g/mol. The van der Waals surface area contributed by atoms with Gasteiger partial charge in [0, 0.05) is 37.0 Å². The SMILES string of the molecule is CC(=O)Nc1ccc(NC(=O)[C@H](C)OC(=O)[C@@H]2CC(=O)N(c3ccc(C)cc3)C2)cc1. The molecule has 0 aliphatic carbocycles. The van der Waals surface area contributed by atoms with Gasteiger partial charge in [0.2, 0.25) is 11.8 Å². The topological polar surface area (TPSA) is 105 Å². The molecule has 0 bridgehead atoms. The number of nitrogens with zero attached hydrogens (tertiary/aromatic N) is 1. The molecule has 2 aromatic rings. The van der Waals surface area contributed by atoms with Crippen molar-refractivity contribution in [3.8, 4) is 0 Å². The molecular formula is C23H25N3O5. The van der Waals surface area contributed by atoms with Gasteiger partial charge in [0.1, 0.15) is 0 Å². The molecule has 3 rings (SSSR count). The van der Waals surface area contributed by atoms with Gasteiger partial charge in [0.05, 0.1) is 5.92 Å². The fraction of sp³-hybridized carbons (Fsp3) is 0.304. The minimum Gasteiger partial charge on any atom is -0.452 e. The van der Waals surface area contributed by atoms with Crippen molar-refractivity contribution < 1.29 is 23.9 Å². The Morgan fingerprint density at radius 3 is 2.16 bits per heavy atom. The van der Waals surface area contributed by atoms with Crippen LogP contribution in [-0.4, -0.2) is 36.3 Å². The molecule has 2 atom stereocenters. The van der Waals surface area contributed by atoms with Crippen LogP contribution in [0, 0.1) is 12.8 Å². The highest BCUT2D eigenvalue weighted by atomic mass is 16.5. The van der Waals surface area contributed by atoms with E-state index in [4.69, 9.17) is 4.74 Å². The van der Waals surface area contributed by atoms with Crippen molar-refractivity contribution in [1.82, 2.24) is 0 Å². The number of rotatable bonds is 6. The van der Waals surface area contributed by atoms with Crippen molar-refractivity contribution in [1.29, 1.82) is 0 Å². The summed E-state index contributed by atoms with van der Waals surface area (Å²) in [5.41, 5.74) is 2.92. The molecule has 31 heavy (non-hydrogen) atoms. The summed E-state index contributed by atoms with van der Waals surface area (Å²) >= 11 is 0. The molecule has 162 valence electrons. The molecule has 1 fully saturated rings. The number of carbonyl (C=O) groups is 4. The van der Waals surface area contributed by atoms with E-state index in [0.29, 0.717) is 11.4 Å². The number of hydrogen-bond acceptors (Lipinski definition) is 5. The first-order valence-corrected chi connectivity index (χ1v) is 9.99. The average molecular weight is 423 g/mol. The Hall–Kier alpha value is -3.68. The third-order valence-corrected chi connectivity index (χ3v) is 4.94. The van der Waals surface area contributed by atoms with Gasteiger partial charge >= 0.3 is 5.97 Å². The van der Waals surface area contributed by atoms with Crippen molar-refractivity contribution in [3.63, 3.8) is 0 Å². The fourth-order valence-corrected chi connectivity index (χ4v) is 3.25. The molecule has 0 aromatic heterocycles. The largest absolute Gasteiger partial charge is 0.452 e. The Morgan fingerprint density at radius 2 is 1.58 bits per heavy atom. The van der Waals surface area contributed by atoms with Crippen LogP contribution in [-0.2, 0) is 23.9 Å². The van der Waals surface area contributed by atoms with Crippen molar-refractivity contribution in [2.45, 2.75) is 33.3 Å². The normalized spacial score (nSPS) is 16.5. The van der Waals surface area contributed by atoms with Crippen LogP contribution in [0.2, 0.25) is 0 Å². The zero-order valence-electron chi connectivity index (χ0n) is 17.7. The zero-order valence-corrected chi connectivity index (χ0v) is 17.7. The smallest absolute Gasteiger partial charge is 0.312 e. The number of amides is 3. The molecular weight excluding hydrogens is 398 g/mol. The predicted molar refractivity (Wildman–Crippen MR) is 117 cm³/mol. The molecule has 0 spiro atoms. The lowest BCUT2D eigenvalue weighted by Gasteiger charge is -2.18. The molecule has 8 nitrogen and oxygen atoms in total. The van der Waals surface area contributed by atoms with Crippen molar-refractivity contribution in [2.24, 2.45) is 5.92 Å². The van der Waals surface area contributed by atoms with E-state index in [0.717, 1.165) is 11.3 Å². The van der Waals surface area contributed by atoms with E-state index in [1.165, 1.54) is 13.8 Å². The quantitative estimate of drug-likeness (QED) is 0.695. The Bertz CT molecular complexity index is 985. The molecule has 1 saturated heterocycles. The van der Waals surface area contributed by atoms with Gasteiger partial charge in [-0.25, -0.2) is 0 Å². The second kappa shape index (κ2) is 9.42. The van der Waals surface area contributed by atoms with Crippen molar-refractivity contribution in [3.05, 3.63) is 54.1 Å². The van der Waals surface area contributed by atoms with Gasteiger partial charge in [-0.3, -0.25) is 19.2 Å². The third kappa shape index (κ3) is 5.69. The molecule has 1 aliphatic rings. The van der Waals surface area contributed by atoms with E-state index >= 15 is 0 Å². The summed E-state index contributed by atoms with van der Waals surface area (Å²) in [7, 11) is 0. The summed E-state index contributed by atoms with van der Waals surface area (Å²) < 4.78 is 5.31. The summed E-state index contributed by atoms with van der Waals surface area (Å²) in [6.45, 7) is 5.07. The summed E-state index contributed by atoms with van der Waals surface area (Å²) in [5, 5.41) is 5.30. The molecule has 1 heterocycles. The number of carbonyl (C=O) groups excluding carboxylic acids is 4. The van der Waals surface area contributed by atoms with Crippen molar-refractivity contribution in [2.75, 3.05) is 22.1 Å². The van der Waals surface area contributed by atoms with E-state index in [2.05, 4.69) is 10.6 Å². The van der Waals surface area contributed by atoms with Crippen molar-refractivity contribution >= 4 is 40.8 Å². The Morgan fingerprint density at radius 1 is 1.00 bits per heavy atom. The first-order valence-electron chi connectivity index (χ1n) is 9.99. The van der Waals surface area contributed by atoms with Crippen LogP contribution in [0.15, 0.2) is 48.5 Å². The van der Waals surface area contributed by atoms with E-state index in [-0.39, 0.29) is 24.8 Å². The van der Waals surface area contributed by atoms with Crippen LogP contribution in [0.25, 0.3) is 0 Å². The van der Waals surface area contributed by atoms with Gasteiger partial charge in [-0.2, -0.15) is 0 Å². The summed E-state index contributed by atoms with van der Waals surface area (Å²) in [6.07, 6.45) is -0.975. The predicted octanol–water partition coefficient (Wildman–Crippen LogP) is 2.88. The molecule has 3 amide bonds. The summed E-state index contributed by atoms with van der Waals surface area (Å²) in [6, 6.07) is 14.1. The maximum Gasteiger partial charge on any atom is 0.312 e. The highest BCUT2D eigenvalue weighted by Crippen LogP contribution is 2.26. The van der Waals surface area contributed by atoms with Gasteiger partial charge in [0.25, 0.3) is 5.91 Å². The van der Waals surface area contributed by atoms with Crippen LogP contribution < -0.4 is 15.5 Å². The Kier molecular flexibility index (Phi) is 6.69. The molecule has 0 saturated carbocycles. The maximum absolute atomic E-state index is 12.5. The molecule has 0 radical (unpaired) electrons. The average Bonchev–Trinajstić information content (AvgIpc) is 3.11. The highest BCUT2D eigenvalue weighted by molar-refractivity contribution is 6.00. The molecule has 8 heteroatoms. The third-order valence-electron chi connectivity index (χ3n) is 4.94. The molecule has 1 aliphatic heterocycles. The second-order valence-corrected chi connectivity index (χ2v) is 7.57. The van der Waals surface area contributed by atoms with Crippen LogP contribution in [0.1, 0.15) is 25.8 Å². The summed E-state index contributed by atoms with van der Waals surface area (Å²) in [5.74, 6) is -2.03. The minimum atomic E-state index is -1.02. The van der Waals surface area contributed by atoms with Crippen LogP contribution in [0.5, 0.6) is 0 Å². The Balaban J connectivity index is 1.53. The van der Waals surface area contributed by atoms with Gasteiger partial charge in [-0.1, -0.05) is 17.7 Å². The Labute approximate surface area is 180 Å². The lowest BCUT2D eigenvalue weighted by molar-refractivity contribution is -0.157. The zero-order chi connectivity index (χ0) is 22.5. The van der Waals surface area contributed by atoms with E-state index in [9.17, 15) is 19.2 Å². The second-order valence-electron chi connectivity index (χ2n) is 7.57. The summed E-state index contributed by atoms with van der Waals surface area (Å²) in [4.78, 5) is 49.9. The number of hydrogen-bond donors (Lipinski definition) is 2. The first kappa shape index (κ1) is 22.0. The molecule has 2 aromatic carbocycles. The van der Waals surface area contributed by atoms with Crippen LogP contribution in [0.3, 0.4) is 0 Å². The van der Waals surface area contributed by atoms with Gasteiger partial charge in [-0.15, -0.1) is 0 Å². The van der Waals surface area contributed by atoms with Crippen LogP contribution >= 0.6 is 0 Å². The lowest BCUT2D eigenvalue weighted by atomic mass is 10.1. The first-order chi connectivity index (χ1) is 14.7. The highest BCUT2D eigenvalue weighted by Gasteiger charge is 2.37. The van der Waals surface area contributed by atoms with Crippen LogP contribution in [0.4, 0.5) is 17.1 Å². The number of anilines is 3. The number of ether oxygens (including phenoxy) is 1. The lowest BCUT2D eigenvalue weighted by Crippen LogP contribution is -2.33. The standard InChI is InChI=1S/C23H25N3O5/c1-14-4-10-20(11-5-14)26-13-17(12-21(26)28)23(30)31-15(2)22(29)25-19-8-6-18(7-9-19)24-16(3)27/h4-11,15,17H,12-13H2,1-3H3,(H,24,27)(H,25,29)/t15-,17+/m0/s1. The minimum absolute atomic E-state index is 0.0473. The number of nitrogens with one attached hydrogen (secondary N) is 2. The number of esters is 1. The van der Waals surface area contributed by atoms with Gasteiger partial charge in [-0.05, 0) is 50.2 Å². The van der Waals surface area contributed by atoms with E-state index in [1.807, 2.05) is 31.2 Å². The van der Waals surface area contributed by atoms with Gasteiger partial charge < -0.3 is 20.3 Å². The number of benzene rings is 2. The van der Waals surface area contributed by atoms with E-state index < -0.39 is 23.9 Å². The van der Waals surface area contributed by atoms with E-state index in [1.54, 1.807) is 29.2 Å². The maximum atomic E-state index is 12.5. The fourth-order valence-electron chi connectivity index (χ4n) is 3.25. The molecule has 2 N–H and O–H groups in total.